The Kier molecular flexibility index (Phi) is 3.51. The molecule has 0 fully saturated rings. The molecule has 106 valence electrons. The van der Waals surface area contributed by atoms with Gasteiger partial charge in [0.25, 0.3) is 5.91 Å². The molecule has 0 bridgehead atoms. The van der Waals surface area contributed by atoms with Gasteiger partial charge in [-0.05, 0) is 31.7 Å². The van der Waals surface area contributed by atoms with Crippen LogP contribution < -0.4 is 5.32 Å². The summed E-state index contributed by atoms with van der Waals surface area (Å²) in [6.45, 7) is 1.75. The quantitative estimate of drug-likeness (QED) is 0.887. The molecule has 0 saturated carbocycles. The summed E-state index contributed by atoms with van der Waals surface area (Å²) >= 11 is 0. The number of nitrogens with one attached hydrogen (secondary N) is 2. The summed E-state index contributed by atoms with van der Waals surface area (Å²) in [6.07, 6.45) is 4.68. The molecule has 2 heterocycles. The maximum atomic E-state index is 11.8. The number of carbonyl (C=O) groups is 1. The number of aromatic nitrogens is 3. The van der Waals surface area contributed by atoms with E-state index in [9.17, 15) is 4.79 Å². The first kappa shape index (κ1) is 12.9. The molecule has 3 rings (SSSR count). The molecule has 2 aromatic heterocycles. The molecule has 20 heavy (non-hydrogen) atoms. The SMILES string of the molecule is Cc1cc(NC(=O)COC2CCCc3cn[nH]c32)no1. The Hall–Kier alpha value is -2.15. The van der Waals surface area contributed by atoms with E-state index in [1.54, 1.807) is 13.0 Å². The Bertz CT molecular complexity index is 604. The molecule has 1 atom stereocenters. The van der Waals surface area contributed by atoms with Gasteiger partial charge in [-0.15, -0.1) is 0 Å². The Morgan fingerprint density at radius 3 is 3.35 bits per heavy atom. The maximum absolute atomic E-state index is 11.8. The van der Waals surface area contributed by atoms with E-state index >= 15 is 0 Å². The van der Waals surface area contributed by atoms with Crippen LogP contribution in [0.1, 0.15) is 36.0 Å². The van der Waals surface area contributed by atoms with Gasteiger partial charge in [0.15, 0.2) is 5.82 Å². The predicted octanol–water partition coefficient (Wildman–Crippen LogP) is 1.74. The van der Waals surface area contributed by atoms with Crippen LogP contribution in [0, 0.1) is 6.92 Å². The first-order valence-corrected chi connectivity index (χ1v) is 6.59. The fourth-order valence-corrected chi connectivity index (χ4v) is 2.37. The van der Waals surface area contributed by atoms with E-state index in [0.29, 0.717) is 11.6 Å². The maximum Gasteiger partial charge on any atom is 0.251 e. The van der Waals surface area contributed by atoms with Gasteiger partial charge in [0.1, 0.15) is 12.4 Å². The van der Waals surface area contributed by atoms with E-state index < -0.39 is 0 Å². The molecule has 7 nitrogen and oxygen atoms in total. The summed E-state index contributed by atoms with van der Waals surface area (Å²) < 4.78 is 10.5. The van der Waals surface area contributed by atoms with Gasteiger partial charge in [-0.2, -0.15) is 5.10 Å². The first-order chi connectivity index (χ1) is 9.72. The predicted molar refractivity (Wildman–Crippen MR) is 70.1 cm³/mol. The highest BCUT2D eigenvalue weighted by Gasteiger charge is 2.23. The van der Waals surface area contributed by atoms with Gasteiger partial charge in [-0.1, -0.05) is 5.16 Å². The van der Waals surface area contributed by atoms with Crippen molar-refractivity contribution in [2.24, 2.45) is 0 Å². The molecule has 1 aliphatic carbocycles. The third kappa shape index (κ3) is 2.72. The number of aryl methyl sites for hydroxylation is 2. The molecule has 0 saturated heterocycles. The van der Waals surface area contributed by atoms with Crippen molar-refractivity contribution in [2.45, 2.75) is 32.3 Å². The zero-order chi connectivity index (χ0) is 13.9. The second kappa shape index (κ2) is 5.46. The van der Waals surface area contributed by atoms with Crippen LogP contribution in [-0.2, 0) is 16.0 Å². The Morgan fingerprint density at radius 1 is 1.65 bits per heavy atom. The second-order valence-electron chi connectivity index (χ2n) is 4.87. The van der Waals surface area contributed by atoms with Gasteiger partial charge >= 0.3 is 0 Å². The highest BCUT2D eigenvalue weighted by molar-refractivity contribution is 5.90. The minimum Gasteiger partial charge on any atom is -0.362 e. The van der Waals surface area contributed by atoms with Gasteiger partial charge in [0, 0.05) is 6.07 Å². The number of hydrogen-bond acceptors (Lipinski definition) is 5. The number of carbonyl (C=O) groups excluding carboxylic acids is 1. The highest BCUT2D eigenvalue weighted by atomic mass is 16.5. The average Bonchev–Trinajstić information content (AvgIpc) is 3.05. The van der Waals surface area contributed by atoms with Crippen LogP contribution in [0.3, 0.4) is 0 Å². The molecule has 1 aliphatic rings. The lowest BCUT2D eigenvalue weighted by molar-refractivity contribution is -0.123. The fraction of sp³-hybridized carbons (Fsp3) is 0.462. The number of fused-ring (bicyclic) bond motifs is 1. The van der Waals surface area contributed by atoms with Gasteiger partial charge in [-0.25, -0.2) is 0 Å². The molecule has 2 N–H and O–H groups in total. The molecular weight excluding hydrogens is 260 g/mol. The molecule has 0 spiro atoms. The molecule has 1 amide bonds. The number of nitrogens with zero attached hydrogens (tertiary/aromatic N) is 2. The standard InChI is InChI=1S/C13H16N4O3/c1-8-5-11(17-20-8)15-12(18)7-19-10-4-2-3-9-6-14-16-13(9)10/h5-6,10H,2-4,7H2,1H3,(H,14,16)(H,15,17,18). The third-order valence-electron chi connectivity index (χ3n) is 3.30. The third-order valence-corrected chi connectivity index (χ3v) is 3.30. The van der Waals surface area contributed by atoms with E-state index in [-0.39, 0.29) is 18.6 Å². The lowest BCUT2D eigenvalue weighted by Gasteiger charge is -2.21. The van der Waals surface area contributed by atoms with Crippen LogP contribution in [0.2, 0.25) is 0 Å². The van der Waals surface area contributed by atoms with E-state index in [4.69, 9.17) is 9.26 Å². The Labute approximate surface area is 115 Å². The molecule has 0 radical (unpaired) electrons. The van der Waals surface area contributed by atoms with E-state index in [1.165, 1.54) is 5.56 Å². The number of amides is 1. The van der Waals surface area contributed by atoms with Crippen LogP contribution in [0.4, 0.5) is 5.82 Å². The van der Waals surface area contributed by atoms with Gasteiger partial charge < -0.3 is 14.6 Å². The van der Waals surface area contributed by atoms with Crippen LogP contribution in [0.25, 0.3) is 0 Å². The summed E-state index contributed by atoms with van der Waals surface area (Å²) in [5, 5.41) is 13.3. The van der Waals surface area contributed by atoms with Crippen LogP contribution in [0.5, 0.6) is 0 Å². The minimum absolute atomic E-state index is 0.0188. The molecule has 0 aliphatic heterocycles. The summed E-state index contributed by atoms with van der Waals surface area (Å²) in [5.41, 5.74) is 2.16. The molecule has 1 unspecified atom stereocenters. The average molecular weight is 276 g/mol. The van der Waals surface area contributed by atoms with Crippen LogP contribution >= 0.6 is 0 Å². The Morgan fingerprint density at radius 2 is 2.55 bits per heavy atom. The van der Waals surface area contributed by atoms with E-state index in [1.807, 2.05) is 6.20 Å². The van der Waals surface area contributed by atoms with Crippen molar-refractivity contribution >= 4 is 11.7 Å². The zero-order valence-corrected chi connectivity index (χ0v) is 11.2. The first-order valence-electron chi connectivity index (χ1n) is 6.59. The molecular formula is C13H16N4O3. The van der Waals surface area contributed by atoms with Gasteiger partial charge in [-0.3, -0.25) is 9.89 Å². The van der Waals surface area contributed by atoms with Crippen molar-refractivity contribution in [1.29, 1.82) is 0 Å². The van der Waals surface area contributed by atoms with Gasteiger partial charge in [0.2, 0.25) is 0 Å². The largest absolute Gasteiger partial charge is 0.362 e. The smallest absolute Gasteiger partial charge is 0.251 e. The van der Waals surface area contributed by atoms with E-state index in [2.05, 4.69) is 20.7 Å². The number of aromatic amines is 1. The summed E-state index contributed by atoms with van der Waals surface area (Å²) in [4.78, 5) is 11.8. The van der Waals surface area contributed by atoms with Crippen molar-refractivity contribution in [2.75, 3.05) is 11.9 Å². The fourth-order valence-electron chi connectivity index (χ4n) is 2.37. The minimum atomic E-state index is -0.245. The van der Waals surface area contributed by atoms with Crippen LogP contribution in [-0.4, -0.2) is 27.9 Å². The highest BCUT2D eigenvalue weighted by Crippen LogP contribution is 2.30. The van der Waals surface area contributed by atoms with Crippen molar-refractivity contribution in [3.63, 3.8) is 0 Å². The van der Waals surface area contributed by atoms with Crippen molar-refractivity contribution in [3.05, 3.63) is 29.3 Å². The topological polar surface area (TPSA) is 93.0 Å². The Balaban J connectivity index is 1.54. The summed E-state index contributed by atoms with van der Waals surface area (Å²) in [6, 6.07) is 1.66. The molecule has 0 aromatic carbocycles. The zero-order valence-electron chi connectivity index (χ0n) is 11.2. The number of hydrogen-bond donors (Lipinski definition) is 2. The van der Waals surface area contributed by atoms with Crippen molar-refractivity contribution in [3.8, 4) is 0 Å². The summed E-state index contributed by atoms with van der Waals surface area (Å²) in [7, 11) is 0. The van der Waals surface area contributed by atoms with Crippen molar-refractivity contribution < 1.29 is 14.1 Å². The number of rotatable bonds is 4. The van der Waals surface area contributed by atoms with Crippen LogP contribution in [0.15, 0.2) is 16.8 Å². The number of ether oxygens (including phenoxy) is 1. The van der Waals surface area contributed by atoms with E-state index in [0.717, 1.165) is 25.0 Å². The molecule has 7 heteroatoms. The number of anilines is 1. The lowest BCUT2D eigenvalue weighted by atomic mass is 9.96. The van der Waals surface area contributed by atoms with Crippen molar-refractivity contribution in [1.82, 2.24) is 15.4 Å². The monoisotopic (exact) mass is 276 g/mol. The lowest BCUT2D eigenvalue weighted by Crippen LogP contribution is -2.22. The second-order valence-corrected chi connectivity index (χ2v) is 4.87. The number of H-pyrrole nitrogens is 1. The summed E-state index contributed by atoms with van der Waals surface area (Å²) in [5.74, 6) is 0.808. The van der Waals surface area contributed by atoms with Gasteiger partial charge in [0.05, 0.1) is 18.0 Å². The molecule has 2 aromatic rings. The normalized spacial score (nSPS) is 17.8.